The molecule has 0 saturated heterocycles. The summed E-state index contributed by atoms with van der Waals surface area (Å²) in [6.07, 6.45) is 3.07. The Morgan fingerprint density at radius 3 is 2.52 bits per heavy atom. The molecule has 0 aliphatic rings. The summed E-state index contributed by atoms with van der Waals surface area (Å²) in [5, 5.41) is 11.9. The fourth-order valence-electron chi connectivity index (χ4n) is 3.58. The largest absolute Gasteiger partial charge is 0.508 e. The first kappa shape index (κ1) is 19.0. The van der Waals surface area contributed by atoms with E-state index in [1.54, 1.807) is 12.1 Å². The smallest absolute Gasteiger partial charge is 0.337 e. The number of carbonyl (C=O) groups is 1. The number of benzene rings is 3. The minimum absolute atomic E-state index is 0.309. The highest BCUT2D eigenvalue weighted by atomic mass is 16.5. The third-order valence-corrected chi connectivity index (χ3v) is 5.29. The fraction of sp³-hybridized carbons (Fsp3) is 0.292. The van der Waals surface area contributed by atoms with Gasteiger partial charge in [-0.3, -0.25) is 0 Å². The summed E-state index contributed by atoms with van der Waals surface area (Å²) in [6.45, 7) is 4.14. The lowest BCUT2D eigenvalue weighted by molar-refractivity contribution is 0.0601. The third-order valence-electron chi connectivity index (χ3n) is 5.29. The number of carbonyl (C=O) groups excluding carboxylic acids is 1. The van der Waals surface area contributed by atoms with Crippen molar-refractivity contribution in [1.29, 1.82) is 0 Å². The number of aromatic hydroxyl groups is 1. The molecule has 0 saturated carbocycles. The van der Waals surface area contributed by atoms with Gasteiger partial charge in [0.15, 0.2) is 0 Å². The van der Waals surface area contributed by atoms with Gasteiger partial charge >= 0.3 is 5.97 Å². The van der Waals surface area contributed by atoms with Crippen molar-refractivity contribution >= 4 is 16.7 Å². The highest BCUT2D eigenvalue weighted by Crippen LogP contribution is 2.29. The van der Waals surface area contributed by atoms with Crippen LogP contribution in [0, 0.1) is 6.92 Å². The first-order valence-electron chi connectivity index (χ1n) is 9.42. The quantitative estimate of drug-likeness (QED) is 0.567. The van der Waals surface area contributed by atoms with Crippen molar-refractivity contribution in [2.75, 3.05) is 7.11 Å². The second-order valence-corrected chi connectivity index (χ2v) is 7.08. The topological polar surface area (TPSA) is 46.5 Å². The van der Waals surface area contributed by atoms with Gasteiger partial charge in [-0.25, -0.2) is 4.79 Å². The monoisotopic (exact) mass is 362 g/mol. The maximum Gasteiger partial charge on any atom is 0.337 e. The fourth-order valence-corrected chi connectivity index (χ4v) is 3.58. The molecule has 0 aliphatic heterocycles. The Kier molecular flexibility index (Phi) is 5.80. The van der Waals surface area contributed by atoms with Gasteiger partial charge in [0, 0.05) is 0 Å². The van der Waals surface area contributed by atoms with E-state index in [1.165, 1.54) is 18.2 Å². The Hall–Kier alpha value is -2.81. The van der Waals surface area contributed by atoms with Gasteiger partial charge in [-0.1, -0.05) is 43.3 Å². The van der Waals surface area contributed by atoms with E-state index in [4.69, 9.17) is 4.74 Å². The van der Waals surface area contributed by atoms with E-state index in [1.807, 2.05) is 25.1 Å². The van der Waals surface area contributed by atoms with Gasteiger partial charge in [-0.2, -0.15) is 0 Å². The molecule has 1 N–H and O–H groups in total. The van der Waals surface area contributed by atoms with E-state index in [-0.39, 0.29) is 5.97 Å². The Bertz CT molecular complexity index is 959. The summed E-state index contributed by atoms with van der Waals surface area (Å²) in [7, 11) is 1.40. The van der Waals surface area contributed by atoms with E-state index < -0.39 is 0 Å². The molecule has 0 heterocycles. The van der Waals surface area contributed by atoms with Crippen molar-refractivity contribution in [2.45, 2.75) is 39.0 Å². The van der Waals surface area contributed by atoms with Crippen LogP contribution in [0.15, 0.2) is 54.6 Å². The van der Waals surface area contributed by atoms with Gasteiger partial charge in [-0.05, 0) is 77.8 Å². The first-order valence-corrected chi connectivity index (χ1v) is 9.42. The summed E-state index contributed by atoms with van der Waals surface area (Å²) in [6, 6.07) is 18.0. The van der Waals surface area contributed by atoms with Crippen LogP contribution in [-0.4, -0.2) is 18.2 Å². The number of phenols is 1. The van der Waals surface area contributed by atoms with Crippen LogP contribution in [-0.2, 0) is 11.2 Å². The SMILES string of the molecule is CCC(CCc1ccc2ccc(C(=O)OC)cc2c1)c1ccc(O)c(C)c1. The third kappa shape index (κ3) is 4.30. The van der Waals surface area contributed by atoms with Gasteiger partial charge < -0.3 is 9.84 Å². The normalized spacial score (nSPS) is 12.1. The highest BCUT2D eigenvalue weighted by molar-refractivity contribution is 5.95. The summed E-state index contributed by atoms with van der Waals surface area (Å²) in [5.74, 6) is 0.502. The Balaban J connectivity index is 1.78. The summed E-state index contributed by atoms with van der Waals surface area (Å²) in [4.78, 5) is 11.8. The van der Waals surface area contributed by atoms with Crippen molar-refractivity contribution < 1.29 is 14.6 Å². The summed E-state index contributed by atoms with van der Waals surface area (Å²) < 4.78 is 4.82. The van der Waals surface area contributed by atoms with Crippen molar-refractivity contribution in [3.63, 3.8) is 0 Å². The van der Waals surface area contributed by atoms with Gasteiger partial charge in [0.1, 0.15) is 5.75 Å². The standard InChI is InChI=1S/C24H26O3/c1-4-18(20-11-12-23(25)16(2)13-20)7-5-17-6-8-19-9-10-21(24(26)27-3)15-22(19)14-17/h6,8-15,18,25H,4-5,7H2,1-3H3. The number of ether oxygens (including phenoxy) is 1. The molecule has 27 heavy (non-hydrogen) atoms. The van der Waals surface area contributed by atoms with Crippen molar-refractivity contribution in [2.24, 2.45) is 0 Å². The molecule has 0 aliphatic carbocycles. The van der Waals surface area contributed by atoms with Crippen LogP contribution < -0.4 is 0 Å². The van der Waals surface area contributed by atoms with E-state index in [0.29, 0.717) is 17.2 Å². The molecule has 0 spiro atoms. The number of phenolic OH excluding ortho intramolecular Hbond substituents is 1. The van der Waals surface area contributed by atoms with Crippen LogP contribution in [0.25, 0.3) is 10.8 Å². The molecule has 3 aromatic carbocycles. The summed E-state index contributed by atoms with van der Waals surface area (Å²) in [5.41, 5.74) is 4.04. The summed E-state index contributed by atoms with van der Waals surface area (Å²) >= 11 is 0. The molecule has 3 nitrogen and oxygen atoms in total. The average molecular weight is 362 g/mol. The molecule has 0 fully saturated rings. The van der Waals surface area contributed by atoms with E-state index in [9.17, 15) is 9.90 Å². The van der Waals surface area contributed by atoms with Crippen molar-refractivity contribution in [1.82, 2.24) is 0 Å². The number of fused-ring (bicyclic) bond motifs is 1. The van der Waals surface area contributed by atoms with Crippen LogP contribution in [0.1, 0.15) is 52.7 Å². The number of methoxy groups -OCH3 is 1. The number of hydrogen-bond acceptors (Lipinski definition) is 3. The van der Waals surface area contributed by atoms with Gasteiger partial charge in [0.05, 0.1) is 12.7 Å². The Labute approximate surface area is 160 Å². The lowest BCUT2D eigenvalue weighted by atomic mass is 9.89. The van der Waals surface area contributed by atoms with Gasteiger partial charge in [0.25, 0.3) is 0 Å². The molecule has 140 valence electrons. The Morgan fingerprint density at radius 1 is 1.04 bits per heavy atom. The average Bonchev–Trinajstić information content (AvgIpc) is 2.69. The number of hydrogen-bond donors (Lipinski definition) is 1. The van der Waals surface area contributed by atoms with E-state index in [0.717, 1.165) is 35.6 Å². The molecule has 0 radical (unpaired) electrons. The van der Waals surface area contributed by atoms with Crippen LogP contribution in [0.3, 0.4) is 0 Å². The zero-order chi connectivity index (χ0) is 19.4. The Morgan fingerprint density at radius 2 is 1.81 bits per heavy atom. The molecule has 1 atom stereocenters. The lowest BCUT2D eigenvalue weighted by Gasteiger charge is -2.17. The van der Waals surface area contributed by atoms with Crippen molar-refractivity contribution in [3.8, 4) is 5.75 Å². The molecular formula is C24H26O3. The van der Waals surface area contributed by atoms with Crippen LogP contribution in [0.5, 0.6) is 5.75 Å². The van der Waals surface area contributed by atoms with Gasteiger partial charge in [0.2, 0.25) is 0 Å². The van der Waals surface area contributed by atoms with Gasteiger partial charge in [-0.15, -0.1) is 0 Å². The predicted octanol–water partition coefficient (Wildman–Crippen LogP) is 5.77. The molecule has 0 bridgehead atoms. The molecule has 1 unspecified atom stereocenters. The number of esters is 1. The number of rotatable bonds is 6. The maximum atomic E-state index is 11.8. The van der Waals surface area contributed by atoms with Crippen LogP contribution in [0.2, 0.25) is 0 Å². The van der Waals surface area contributed by atoms with Crippen molar-refractivity contribution in [3.05, 3.63) is 76.9 Å². The highest BCUT2D eigenvalue weighted by Gasteiger charge is 2.12. The van der Waals surface area contributed by atoms with E-state index >= 15 is 0 Å². The molecular weight excluding hydrogens is 336 g/mol. The molecule has 0 amide bonds. The zero-order valence-electron chi connectivity index (χ0n) is 16.2. The molecule has 3 rings (SSSR count). The molecule has 0 aromatic heterocycles. The minimum Gasteiger partial charge on any atom is -0.508 e. The predicted molar refractivity (Wildman–Crippen MR) is 109 cm³/mol. The minimum atomic E-state index is -0.309. The van der Waals surface area contributed by atoms with Crippen LogP contribution >= 0.6 is 0 Å². The molecule has 3 heteroatoms. The lowest BCUT2D eigenvalue weighted by Crippen LogP contribution is -2.01. The van der Waals surface area contributed by atoms with E-state index in [2.05, 4.69) is 31.2 Å². The first-order chi connectivity index (χ1) is 13.0. The molecule has 3 aromatic rings. The second kappa shape index (κ2) is 8.26. The van der Waals surface area contributed by atoms with Crippen LogP contribution in [0.4, 0.5) is 0 Å². The number of aryl methyl sites for hydroxylation is 2. The zero-order valence-corrected chi connectivity index (χ0v) is 16.2. The second-order valence-electron chi connectivity index (χ2n) is 7.08. The maximum absolute atomic E-state index is 11.8.